The third-order valence-electron chi connectivity index (χ3n) is 3.77. The number of rotatable bonds is 7. The van der Waals surface area contributed by atoms with E-state index in [9.17, 15) is 5.11 Å². The van der Waals surface area contributed by atoms with E-state index in [1.54, 1.807) is 0 Å². The van der Waals surface area contributed by atoms with Crippen molar-refractivity contribution in [3.05, 3.63) is 0 Å². The van der Waals surface area contributed by atoms with E-state index in [4.69, 9.17) is 0 Å². The van der Waals surface area contributed by atoms with Crippen LogP contribution in [0.5, 0.6) is 0 Å². The molecule has 0 saturated carbocycles. The van der Waals surface area contributed by atoms with E-state index in [-0.39, 0.29) is 12.6 Å². The molecule has 0 aromatic rings. The SMILES string of the molecule is CCNC(CO)CCN(C)C1CCCN(C)C1. The smallest absolute Gasteiger partial charge is 0.0585 e. The van der Waals surface area contributed by atoms with Crippen LogP contribution in [0, 0.1) is 0 Å². The predicted octanol–water partition coefficient (Wildman–Crippen LogP) is 0.373. The Hall–Kier alpha value is -0.160. The van der Waals surface area contributed by atoms with Crippen LogP contribution in [0.2, 0.25) is 0 Å². The Labute approximate surface area is 106 Å². The predicted molar refractivity (Wildman–Crippen MR) is 72.3 cm³/mol. The van der Waals surface area contributed by atoms with Gasteiger partial charge in [0.25, 0.3) is 0 Å². The van der Waals surface area contributed by atoms with Crippen LogP contribution in [0.15, 0.2) is 0 Å². The Bertz CT molecular complexity index is 201. The van der Waals surface area contributed by atoms with Crippen molar-refractivity contribution < 1.29 is 5.11 Å². The number of aliphatic hydroxyl groups excluding tert-OH is 1. The van der Waals surface area contributed by atoms with Crippen LogP contribution in [-0.2, 0) is 0 Å². The van der Waals surface area contributed by atoms with Gasteiger partial charge in [-0.1, -0.05) is 6.92 Å². The molecule has 0 amide bonds. The summed E-state index contributed by atoms with van der Waals surface area (Å²) in [6.45, 7) is 6.75. The van der Waals surface area contributed by atoms with Gasteiger partial charge in [0.2, 0.25) is 0 Å². The minimum absolute atomic E-state index is 0.242. The molecule has 1 aliphatic rings. The van der Waals surface area contributed by atoms with Gasteiger partial charge in [0, 0.05) is 18.6 Å². The highest BCUT2D eigenvalue weighted by molar-refractivity contribution is 4.78. The average molecular weight is 243 g/mol. The Morgan fingerprint density at radius 1 is 1.53 bits per heavy atom. The molecule has 2 atom stereocenters. The summed E-state index contributed by atoms with van der Waals surface area (Å²) in [5.41, 5.74) is 0. The molecular formula is C13H29N3O. The molecule has 2 N–H and O–H groups in total. The van der Waals surface area contributed by atoms with Crippen LogP contribution in [-0.4, -0.2) is 73.9 Å². The monoisotopic (exact) mass is 243 g/mol. The van der Waals surface area contributed by atoms with Gasteiger partial charge in [-0.05, 0) is 53.0 Å². The van der Waals surface area contributed by atoms with Gasteiger partial charge in [-0.2, -0.15) is 0 Å². The Balaban J connectivity index is 2.25. The Morgan fingerprint density at radius 3 is 2.88 bits per heavy atom. The largest absolute Gasteiger partial charge is 0.395 e. The van der Waals surface area contributed by atoms with Crippen molar-refractivity contribution in [2.24, 2.45) is 0 Å². The first-order valence-corrected chi connectivity index (χ1v) is 6.90. The molecule has 1 rings (SSSR count). The number of hydrogen-bond acceptors (Lipinski definition) is 4. The number of piperidine rings is 1. The zero-order chi connectivity index (χ0) is 12.7. The first-order chi connectivity index (χ1) is 8.17. The lowest BCUT2D eigenvalue weighted by Crippen LogP contribution is -2.46. The van der Waals surface area contributed by atoms with Gasteiger partial charge in [0.15, 0.2) is 0 Å². The number of nitrogens with zero attached hydrogens (tertiary/aromatic N) is 2. The van der Waals surface area contributed by atoms with E-state index in [0.29, 0.717) is 6.04 Å². The van der Waals surface area contributed by atoms with Gasteiger partial charge in [-0.15, -0.1) is 0 Å². The van der Waals surface area contributed by atoms with Crippen molar-refractivity contribution in [3.63, 3.8) is 0 Å². The van der Waals surface area contributed by atoms with Crippen molar-refractivity contribution >= 4 is 0 Å². The molecule has 4 nitrogen and oxygen atoms in total. The molecule has 17 heavy (non-hydrogen) atoms. The Morgan fingerprint density at radius 2 is 2.29 bits per heavy atom. The number of hydrogen-bond donors (Lipinski definition) is 2. The van der Waals surface area contributed by atoms with E-state index in [1.165, 1.54) is 25.9 Å². The fourth-order valence-electron chi connectivity index (χ4n) is 2.59. The summed E-state index contributed by atoms with van der Waals surface area (Å²) in [6, 6.07) is 0.943. The highest BCUT2D eigenvalue weighted by Crippen LogP contribution is 2.13. The lowest BCUT2D eigenvalue weighted by molar-refractivity contribution is 0.126. The highest BCUT2D eigenvalue weighted by Gasteiger charge is 2.21. The number of nitrogens with one attached hydrogen (secondary N) is 1. The third-order valence-corrected chi connectivity index (χ3v) is 3.77. The number of likely N-dealkylation sites (tertiary alicyclic amines) is 1. The fraction of sp³-hybridized carbons (Fsp3) is 1.00. The molecule has 4 heteroatoms. The summed E-state index contributed by atoms with van der Waals surface area (Å²) in [5, 5.41) is 12.5. The van der Waals surface area contributed by atoms with Gasteiger partial charge < -0.3 is 20.2 Å². The van der Waals surface area contributed by atoms with E-state index in [1.807, 2.05) is 0 Å². The summed E-state index contributed by atoms with van der Waals surface area (Å²) >= 11 is 0. The standard InChI is InChI=1S/C13H29N3O/c1-4-14-12(11-17)7-9-16(3)13-6-5-8-15(2)10-13/h12-14,17H,4-11H2,1-3H3. The van der Waals surface area contributed by atoms with Crippen LogP contribution in [0.3, 0.4) is 0 Å². The maximum atomic E-state index is 9.23. The number of likely N-dealkylation sites (N-methyl/N-ethyl adjacent to an activating group) is 3. The highest BCUT2D eigenvalue weighted by atomic mass is 16.3. The second-order valence-electron chi connectivity index (χ2n) is 5.26. The second-order valence-corrected chi connectivity index (χ2v) is 5.26. The molecule has 102 valence electrons. The van der Waals surface area contributed by atoms with Crippen molar-refractivity contribution in [3.8, 4) is 0 Å². The van der Waals surface area contributed by atoms with Crippen molar-refractivity contribution in [1.82, 2.24) is 15.1 Å². The molecule has 0 aliphatic carbocycles. The molecule has 0 aromatic carbocycles. The second kappa shape index (κ2) is 8.03. The van der Waals surface area contributed by atoms with Gasteiger partial charge in [-0.25, -0.2) is 0 Å². The molecular weight excluding hydrogens is 214 g/mol. The fourth-order valence-corrected chi connectivity index (χ4v) is 2.59. The van der Waals surface area contributed by atoms with E-state index in [2.05, 4.69) is 36.1 Å². The molecule has 1 saturated heterocycles. The van der Waals surface area contributed by atoms with E-state index < -0.39 is 0 Å². The molecule has 1 heterocycles. The molecule has 2 unspecified atom stereocenters. The van der Waals surface area contributed by atoms with Crippen LogP contribution in [0.4, 0.5) is 0 Å². The van der Waals surface area contributed by atoms with Crippen LogP contribution in [0.25, 0.3) is 0 Å². The van der Waals surface area contributed by atoms with Crippen LogP contribution >= 0.6 is 0 Å². The first-order valence-electron chi connectivity index (χ1n) is 6.90. The topological polar surface area (TPSA) is 38.7 Å². The van der Waals surface area contributed by atoms with Gasteiger partial charge in [-0.3, -0.25) is 0 Å². The first kappa shape index (κ1) is 14.9. The third kappa shape index (κ3) is 5.34. The van der Waals surface area contributed by atoms with Crippen molar-refractivity contribution in [1.29, 1.82) is 0 Å². The summed E-state index contributed by atoms with van der Waals surface area (Å²) in [6.07, 6.45) is 3.65. The van der Waals surface area contributed by atoms with Crippen molar-refractivity contribution in [2.75, 3.05) is 46.9 Å². The quantitative estimate of drug-likeness (QED) is 0.678. The maximum absolute atomic E-state index is 9.23. The molecule has 0 aromatic heterocycles. The zero-order valence-corrected chi connectivity index (χ0v) is 11.7. The van der Waals surface area contributed by atoms with E-state index in [0.717, 1.165) is 19.5 Å². The van der Waals surface area contributed by atoms with Gasteiger partial charge in [0.1, 0.15) is 0 Å². The molecule has 0 bridgehead atoms. The summed E-state index contributed by atoms with van der Waals surface area (Å²) in [4.78, 5) is 4.87. The van der Waals surface area contributed by atoms with Gasteiger partial charge in [0.05, 0.1) is 6.61 Å². The van der Waals surface area contributed by atoms with Crippen molar-refractivity contribution in [2.45, 2.75) is 38.3 Å². The summed E-state index contributed by atoms with van der Waals surface area (Å²) < 4.78 is 0. The molecule has 1 aliphatic heterocycles. The molecule has 0 radical (unpaired) electrons. The number of aliphatic hydroxyl groups is 1. The van der Waals surface area contributed by atoms with E-state index >= 15 is 0 Å². The summed E-state index contributed by atoms with van der Waals surface area (Å²) in [7, 11) is 4.42. The zero-order valence-electron chi connectivity index (χ0n) is 11.7. The minimum atomic E-state index is 0.242. The maximum Gasteiger partial charge on any atom is 0.0585 e. The molecule has 1 fully saturated rings. The van der Waals surface area contributed by atoms with Crippen LogP contribution < -0.4 is 5.32 Å². The lowest BCUT2D eigenvalue weighted by atomic mass is 10.0. The Kier molecular flexibility index (Phi) is 7.04. The minimum Gasteiger partial charge on any atom is -0.395 e. The average Bonchev–Trinajstić information content (AvgIpc) is 2.34. The molecule has 0 spiro atoms. The summed E-state index contributed by atoms with van der Waals surface area (Å²) in [5.74, 6) is 0. The van der Waals surface area contributed by atoms with Gasteiger partial charge >= 0.3 is 0 Å². The lowest BCUT2D eigenvalue weighted by Gasteiger charge is -2.36. The normalized spacial score (nSPS) is 24.2. The van der Waals surface area contributed by atoms with Crippen LogP contribution in [0.1, 0.15) is 26.2 Å².